The molecule has 0 radical (unpaired) electrons. The molecule has 36 heavy (non-hydrogen) atoms. The van der Waals surface area contributed by atoms with Gasteiger partial charge < -0.3 is 15.2 Å². The second kappa shape index (κ2) is 10.8. The first-order valence-electron chi connectivity index (χ1n) is 10.9. The van der Waals surface area contributed by atoms with E-state index < -0.39 is 42.9 Å². The number of carbonyl (C=O) groups excluding carboxylic acids is 1. The van der Waals surface area contributed by atoms with E-state index in [-0.39, 0.29) is 30.0 Å². The average molecular weight is 559 g/mol. The standard InChI is InChI=1S/C23H22Cl2F2N4O4S/c1-35-22(34)18-16(10-31-11-23(26,27)9-13(31)3-5-17(32)33)29-20(21-28-6-7-36-21)30-19(18)14-4-2-12(24)8-15(14)25/h2,4,6-8,13,19H,3,5,9-11H2,1H3,(H,29,30)(H,32,33). The van der Waals surface area contributed by atoms with Crippen molar-refractivity contribution in [2.75, 3.05) is 20.2 Å². The van der Waals surface area contributed by atoms with Gasteiger partial charge in [0.05, 0.1) is 19.2 Å². The topological polar surface area (TPSA) is 104 Å². The van der Waals surface area contributed by atoms with Gasteiger partial charge in [0.25, 0.3) is 5.92 Å². The number of carboxylic acids is 1. The fourth-order valence-corrected chi connectivity index (χ4v) is 5.50. The number of aliphatic carboxylic acids is 1. The van der Waals surface area contributed by atoms with Crippen molar-refractivity contribution >= 4 is 52.3 Å². The predicted molar refractivity (Wildman–Crippen MR) is 132 cm³/mol. The number of rotatable bonds is 8. The third-order valence-electron chi connectivity index (χ3n) is 5.96. The van der Waals surface area contributed by atoms with Crippen LogP contribution in [0.25, 0.3) is 0 Å². The van der Waals surface area contributed by atoms with Crippen LogP contribution < -0.4 is 5.32 Å². The Labute approximate surface area is 219 Å². The van der Waals surface area contributed by atoms with E-state index in [1.807, 2.05) is 0 Å². The smallest absolute Gasteiger partial charge is 0.338 e. The predicted octanol–water partition coefficient (Wildman–Crippen LogP) is 4.54. The van der Waals surface area contributed by atoms with Gasteiger partial charge in [-0.1, -0.05) is 29.3 Å². The van der Waals surface area contributed by atoms with Gasteiger partial charge in [0.15, 0.2) is 10.8 Å². The average Bonchev–Trinajstić information content (AvgIpc) is 3.44. The summed E-state index contributed by atoms with van der Waals surface area (Å²) in [5, 5.41) is 15.1. The number of ether oxygens (including phenoxy) is 1. The highest BCUT2D eigenvalue weighted by Crippen LogP contribution is 2.39. The van der Waals surface area contributed by atoms with Crippen LogP contribution in [0.5, 0.6) is 0 Å². The van der Waals surface area contributed by atoms with Crippen LogP contribution in [0.2, 0.25) is 10.0 Å². The number of carbonyl (C=O) groups is 2. The van der Waals surface area contributed by atoms with Gasteiger partial charge in [0.1, 0.15) is 6.04 Å². The van der Waals surface area contributed by atoms with Crippen LogP contribution in [0.15, 0.2) is 46.0 Å². The van der Waals surface area contributed by atoms with Gasteiger partial charge in [0, 0.05) is 58.3 Å². The Kier molecular flexibility index (Phi) is 7.93. The number of esters is 1. The van der Waals surface area contributed by atoms with Gasteiger partial charge in [0.2, 0.25) is 0 Å². The molecule has 1 aromatic heterocycles. The molecule has 1 fully saturated rings. The summed E-state index contributed by atoms with van der Waals surface area (Å²) in [7, 11) is 1.22. The molecule has 8 nitrogen and oxygen atoms in total. The minimum atomic E-state index is -2.99. The first-order valence-corrected chi connectivity index (χ1v) is 12.6. The molecule has 2 N–H and O–H groups in total. The van der Waals surface area contributed by atoms with Crippen molar-refractivity contribution in [3.8, 4) is 0 Å². The minimum absolute atomic E-state index is 0.0473. The van der Waals surface area contributed by atoms with E-state index in [1.165, 1.54) is 29.4 Å². The summed E-state index contributed by atoms with van der Waals surface area (Å²) < 4.78 is 33.8. The summed E-state index contributed by atoms with van der Waals surface area (Å²) in [6.07, 6.45) is 0.922. The number of hydrogen-bond donors (Lipinski definition) is 2. The van der Waals surface area contributed by atoms with Crippen LogP contribution >= 0.6 is 34.5 Å². The maximum absolute atomic E-state index is 14.4. The van der Waals surface area contributed by atoms with E-state index in [4.69, 9.17) is 38.0 Å². The highest BCUT2D eigenvalue weighted by atomic mass is 35.5. The normalized spacial score (nSPS) is 21.8. The number of carboxylic acid groups (broad SMARTS) is 1. The lowest BCUT2D eigenvalue weighted by molar-refractivity contribution is -0.137. The van der Waals surface area contributed by atoms with Crippen molar-refractivity contribution in [2.45, 2.75) is 37.3 Å². The molecule has 0 spiro atoms. The second-order valence-electron chi connectivity index (χ2n) is 8.44. The molecule has 1 saturated heterocycles. The van der Waals surface area contributed by atoms with E-state index in [2.05, 4.69) is 10.3 Å². The van der Waals surface area contributed by atoms with Crippen LogP contribution in [-0.4, -0.2) is 64.9 Å². The lowest BCUT2D eigenvalue weighted by Gasteiger charge is -2.31. The summed E-state index contributed by atoms with van der Waals surface area (Å²) in [5.74, 6) is -4.42. The van der Waals surface area contributed by atoms with Crippen molar-refractivity contribution in [2.24, 2.45) is 4.99 Å². The zero-order valence-electron chi connectivity index (χ0n) is 19.0. The number of nitrogens with one attached hydrogen (secondary N) is 1. The number of hydrogen-bond acceptors (Lipinski definition) is 8. The lowest BCUT2D eigenvalue weighted by Crippen LogP contribution is -2.41. The lowest BCUT2D eigenvalue weighted by atomic mass is 9.95. The van der Waals surface area contributed by atoms with Crippen LogP contribution in [0, 0.1) is 0 Å². The molecule has 0 aliphatic carbocycles. The molecule has 0 bridgehead atoms. The number of likely N-dealkylation sites (tertiary alicyclic amines) is 1. The van der Waals surface area contributed by atoms with Crippen LogP contribution in [-0.2, 0) is 14.3 Å². The van der Waals surface area contributed by atoms with Crippen LogP contribution in [0.4, 0.5) is 8.78 Å². The fourth-order valence-electron chi connectivity index (χ4n) is 4.40. The zero-order chi connectivity index (χ0) is 26.0. The van der Waals surface area contributed by atoms with E-state index in [0.717, 1.165) is 0 Å². The molecule has 0 amide bonds. The molecule has 192 valence electrons. The third kappa shape index (κ3) is 5.86. The van der Waals surface area contributed by atoms with Crippen molar-refractivity contribution in [3.05, 3.63) is 61.7 Å². The molecule has 2 aliphatic heterocycles. The molecule has 2 atom stereocenters. The number of alkyl halides is 2. The monoisotopic (exact) mass is 558 g/mol. The number of nitrogens with zero attached hydrogens (tertiary/aromatic N) is 3. The van der Waals surface area contributed by atoms with Gasteiger partial charge in [-0.2, -0.15) is 0 Å². The number of benzene rings is 1. The van der Waals surface area contributed by atoms with Gasteiger partial charge in [-0.3, -0.25) is 14.7 Å². The van der Waals surface area contributed by atoms with E-state index >= 15 is 0 Å². The Bertz CT molecular complexity index is 1220. The number of halogens is 4. The highest BCUT2D eigenvalue weighted by molar-refractivity contribution is 7.11. The highest BCUT2D eigenvalue weighted by Gasteiger charge is 2.46. The quantitative estimate of drug-likeness (QED) is 0.458. The summed E-state index contributed by atoms with van der Waals surface area (Å²) in [6.45, 7) is -0.663. The summed E-state index contributed by atoms with van der Waals surface area (Å²) >= 11 is 13.8. The van der Waals surface area contributed by atoms with Crippen LogP contribution in [0.1, 0.15) is 35.9 Å². The van der Waals surface area contributed by atoms with E-state index in [9.17, 15) is 18.4 Å². The first kappa shape index (κ1) is 26.5. The van der Waals surface area contributed by atoms with Gasteiger partial charge in [-0.05, 0) is 18.6 Å². The Morgan fingerprint density at radius 2 is 2.14 bits per heavy atom. The molecular formula is C23H22Cl2F2N4O4S. The first-order chi connectivity index (χ1) is 17.1. The summed E-state index contributed by atoms with van der Waals surface area (Å²) in [4.78, 5) is 34.6. The number of methoxy groups -OCH3 is 1. The molecule has 4 rings (SSSR count). The number of thiazole rings is 1. The molecule has 2 unspecified atom stereocenters. The molecule has 1 aromatic carbocycles. The Hall–Kier alpha value is -2.60. The number of aromatic nitrogens is 1. The van der Waals surface area contributed by atoms with Gasteiger partial charge in [-0.15, -0.1) is 11.3 Å². The molecule has 13 heteroatoms. The summed E-state index contributed by atoms with van der Waals surface area (Å²) in [6, 6.07) is 3.17. The summed E-state index contributed by atoms with van der Waals surface area (Å²) in [5.41, 5.74) is 0.883. The van der Waals surface area contributed by atoms with Crippen molar-refractivity contribution < 1.29 is 28.2 Å². The fraction of sp³-hybridized carbons (Fsp3) is 0.391. The molecule has 2 aromatic rings. The van der Waals surface area contributed by atoms with Crippen LogP contribution in [0.3, 0.4) is 0 Å². The minimum Gasteiger partial charge on any atom is -0.481 e. The maximum atomic E-state index is 14.4. The molecular weight excluding hydrogens is 537 g/mol. The van der Waals surface area contributed by atoms with Crippen molar-refractivity contribution in [1.82, 2.24) is 15.2 Å². The Balaban J connectivity index is 1.78. The largest absolute Gasteiger partial charge is 0.481 e. The zero-order valence-corrected chi connectivity index (χ0v) is 21.3. The van der Waals surface area contributed by atoms with Gasteiger partial charge >= 0.3 is 11.9 Å². The van der Waals surface area contributed by atoms with Gasteiger partial charge in [-0.25, -0.2) is 18.6 Å². The SMILES string of the molecule is COC(=O)C1=C(CN2CC(F)(F)CC2CCC(=O)O)NC(c2nccs2)=NC1c1ccc(Cl)cc1Cl. The Morgan fingerprint density at radius 3 is 2.78 bits per heavy atom. The maximum Gasteiger partial charge on any atom is 0.338 e. The van der Waals surface area contributed by atoms with Crippen molar-refractivity contribution in [3.63, 3.8) is 0 Å². The number of amidine groups is 1. The molecule has 3 heterocycles. The van der Waals surface area contributed by atoms with Crippen molar-refractivity contribution in [1.29, 1.82) is 0 Å². The molecule has 2 aliphatic rings. The number of aliphatic imine (C=N–C) groups is 1. The van der Waals surface area contributed by atoms with E-state index in [1.54, 1.807) is 23.7 Å². The molecule has 0 saturated carbocycles. The van der Waals surface area contributed by atoms with E-state index in [0.29, 0.717) is 27.1 Å². The second-order valence-corrected chi connectivity index (χ2v) is 10.2. The third-order valence-corrected chi connectivity index (χ3v) is 7.30. The Morgan fingerprint density at radius 1 is 1.36 bits per heavy atom.